The van der Waals surface area contributed by atoms with Gasteiger partial charge in [0.25, 0.3) is 5.69 Å². The van der Waals surface area contributed by atoms with Crippen LogP contribution in [0.25, 0.3) is 11.4 Å². The van der Waals surface area contributed by atoms with Crippen molar-refractivity contribution in [1.29, 1.82) is 0 Å². The molecule has 1 aromatic heterocycles. The van der Waals surface area contributed by atoms with E-state index in [4.69, 9.17) is 0 Å². The monoisotopic (exact) mass is 464 g/mol. The van der Waals surface area contributed by atoms with Crippen molar-refractivity contribution in [3.8, 4) is 11.4 Å². The number of nitro groups is 1. The van der Waals surface area contributed by atoms with Gasteiger partial charge >= 0.3 is 0 Å². The van der Waals surface area contributed by atoms with Gasteiger partial charge in [-0.2, -0.15) is 0 Å². The number of nitrogens with zero attached hydrogens (tertiary/aromatic N) is 6. The second kappa shape index (κ2) is 10.3. The molecule has 9 nitrogen and oxygen atoms in total. The SMILES string of the molecule is C=CCn1c(SCC(=O)N2CCN(c3ccccc3[N+](=O)[O-])CC2)nnc1-c1ccccc1. The first-order valence-electron chi connectivity index (χ1n) is 10.6. The molecule has 0 atom stereocenters. The van der Waals surface area contributed by atoms with E-state index in [9.17, 15) is 14.9 Å². The zero-order valence-electron chi connectivity index (χ0n) is 18.0. The summed E-state index contributed by atoms with van der Waals surface area (Å²) in [5, 5.41) is 20.6. The van der Waals surface area contributed by atoms with Gasteiger partial charge in [-0.1, -0.05) is 60.3 Å². The Morgan fingerprint density at radius 3 is 2.45 bits per heavy atom. The van der Waals surface area contributed by atoms with Crippen LogP contribution in [0.3, 0.4) is 0 Å². The molecule has 0 saturated carbocycles. The summed E-state index contributed by atoms with van der Waals surface area (Å²) < 4.78 is 1.95. The summed E-state index contributed by atoms with van der Waals surface area (Å²) in [5.41, 5.74) is 1.63. The van der Waals surface area contributed by atoms with Gasteiger partial charge in [-0.15, -0.1) is 16.8 Å². The summed E-state index contributed by atoms with van der Waals surface area (Å²) in [5.74, 6) is 0.996. The van der Waals surface area contributed by atoms with Crippen LogP contribution in [0.1, 0.15) is 0 Å². The van der Waals surface area contributed by atoms with Gasteiger partial charge in [-0.3, -0.25) is 19.5 Å². The first-order chi connectivity index (χ1) is 16.1. The van der Waals surface area contributed by atoms with Gasteiger partial charge in [0.15, 0.2) is 11.0 Å². The highest BCUT2D eigenvalue weighted by molar-refractivity contribution is 7.99. The molecular formula is C23H24N6O3S. The van der Waals surface area contributed by atoms with Gasteiger partial charge in [0.05, 0.1) is 10.7 Å². The number of carbonyl (C=O) groups is 1. The van der Waals surface area contributed by atoms with Crippen molar-refractivity contribution in [3.63, 3.8) is 0 Å². The van der Waals surface area contributed by atoms with Crippen molar-refractivity contribution < 1.29 is 9.72 Å². The highest BCUT2D eigenvalue weighted by Crippen LogP contribution is 2.29. The summed E-state index contributed by atoms with van der Waals surface area (Å²) in [6.45, 7) is 6.49. The molecular weight excluding hydrogens is 440 g/mol. The van der Waals surface area contributed by atoms with Gasteiger partial charge in [0.2, 0.25) is 5.91 Å². The Balaban J connectivity index is 1.37. The summed E-state index contributed by atoms with van der Waals surface area (Å²) in [6.07, 6.45) is 1.78. The molecule has 0 spiro atoms. The molecule has 4 rings (SSSR count). The van der Waals surface area contributed by atoms with Crippen LogP contribution in [-0.4, -0.2) is 62.4 Å². The number of rotatable bonds is 8. The number of carbonyl (C=O) groups excluding carboxylic acids is 1. The Morgan fingerprint density at radius 1 is 1.06 bits per heavy atom. The summed E-state index contributed by atoms with van der Waals surface area (Å²) in [4.78, 5) is 27.5. The molecule has 3 aromatic rings. The molecule has 1 fully saturated rings. The molecule has 0 aliphatic carbocycles. The molecule has 33 heavy (non-hydrogen) atoms. The molecule has 10 heteroatoms. The standard InChI is InChI=1S/C23H24N6O3S/c1-2-12-28-22(18-8-4-3-5-9-18)24-25-23(28)33-17-21(30)27-15-13-26(14-16-27)19-10-6-7-11-20(19)29(31)32/h2-11H,1,12-17H2. The van der Waals surface area contributed by atoms with E-state index in [1.807, 2.05) is 39.8 Å². The van der Waals surface area contributed by atoms with Gasteiger partial charge in [-0.05, 0) is 6.07 Å². The first kappa shape index (κ1) is 22.5. The molecule has 2 heterocycles. The number of hydrogen-bond donors (Lipinski definition) is 0. The fourth-order valence-corrected chi connectivity index (χ4v) is 4.64. The fourth-order valence-electron chi connectivity index (χ4n) is 3.79. The highest BCUT2D eigenvalue weighted by Gasteiger charge is 2.26. The zero-order chi connectivity index (χ0) is 23.2. The molecule has 1 aliphatic rings. The Kier molecular flexibility index (Phi) is 7.04. The maximum atomic E-state index is 12.8. The number of thioether (sulfide) groups is 1. The van der Waals surface area contributed by atoms with Crippen molar-refractivity contribution in [2.75, 3.05) is 36.8 Å². The number of benzene rings is 2. The van der Waals surface area contributed by atoms with Gasteiger partial charge in [0, 0.05) is 44.4 Å². The van der Waals surface area contributed by atoms with Crippen LogP contribution in [0.5, 0.6) is 0 Å². The maximum absolute atomic E-state index is 12.8. The van der Waals surface area contributed by atoms with Crippen LogP contribution < -0.4 is 4.90 Å². The number of amides is 1. The van der Waals surface area contributed by atoms with E-state index in [1.165, 1.54) is 17.8 Å². The molecule has 0 unspecified atom stereocenters. The van der Waals surface area contributed by atoms with Crippen molar-refractivity contribution >= 4 is 29.0 Å². The second-order valence-corrected chi connectivity index (χ2v) is 8.42. The average molecular weight is 465 g/mol. The number of anilines is 1. The first-order valence-corrected chi connectivity index (χ1v) is 11.6. The quantitative estimate of drug-likeness (QED) is 0.218. The van der Waals surface area contributed by atoms with Crippen LogP contribution in [0, 0.1) is 10.1 Å². The number of piperazine rings is 1. The fraction of sp³-hybridized carbons (Fsp3) is 0.261. The number of nitro benzene ring substituents is 1. The number of hydrogen-bond acceptors (Lipinski definition) is 7. The van der Waals surface area contributed by atoms with E-state index in [2.05, 4.69) is 16.8 Å². The minimum atomic E-state index is -0.368. The van der Waals surface area contributed by atoms with Crippen LogP contribution >= 0.6 is 11.8 Å². The summed E-state index contributed by atoms with van der Waals surface area (Å²) >= 11 is 1.36. The molecule has 1 amide bonds. The van der Waals surface area contributed by atoms with Gasteiger partial charge in [-0.25, -0.2) is 0 Å². The second-order valence-electron chi connectivity index (χ2n) is 7.47. The summed E-state index contributed by atoms with van der Waals surface area (Å²) in [6, 6.07) is 16.5. The predicted molar refractivity (Wildman–Crippen MR) is 128 cm³/mol. The smallest absolute Gasteiger partial charge is 0.292 e. The van der Waals surface area contributed by atoms with E-state index in [0.717, 1.165) is 11.4 Å². The molecule has 0 radical (unpaired) electrons. The third-order valence-electron chi connectivity index (χ3n) is 5.44. The van der Waals surface area contributed by atoms with Crippen LogP contribution in [0.4, 0.5) is 11.4 Å². The van der Waals surface area contributed by atoms with Crippen LogP contribution in [0.2, 0.25) is 0 Å². The minimum absolute atomic E-state index is 0.0108. The molecule has 170 valence electrons. The summed E-state index contributed by atoms with van der Waals surface area (Å²) in [7, 11) is 0. The van der Waals surface area contributed by atoms with Crippen LogP contribution in [0.15, 0.2) is 72.4 Å². The van der Waals surface area contributed by atoms with E-state index in [1.54, 1.807) is 29.2 Å². The Bertz CT molecular complexity index is 1140. The lowest BCUT2D eigenvalue weighted by Crippen LogP contribution is -2.49. The lowest BCUT2D eigenvalue weighted by Gasteiger charge is -2.35. The lowest BCUT2D eigenvalue weighted by molar-refractivity contribution is -0.384. The van der Waals surface area contributed by atoms with E-state index < -0.39 is 0 Å². The highest BCUT2D eigenvalue weighted by atomic mass is 32.2. The Labute approximate surface area is 195 Å². The van der Waals surface area contributed by atoms with E-state index in [0.29, 0.717) is 43.6 Å². The average Bonchev–Trinajstić information content (AvgIpc) is 3.26. The zero-order valence-corrected chi connectivity index (χ0v) is 18.9. The molecule has 1 saturated heterocycles. The van der Waals surface area contributed by atoms with E-state index in [-0.39, 0.29) is 22.3 Å². The van der Waals surface area contributed by atoms with Crippen molar-refractivity contribution in [1.82, 2.24) is 19.7 Å². The Hall–Kier alpha value is -3.66. The van der Waals surface area contributed by atoms with Crippen molar-refractivity contribution in [3.05, 3.63) is 77.4 Å². The molecule has 0 N–H and O–H groups in total. The third-order valence-corrected chi connectivity index (χ3v) is 6.39. The topological polar surface area (TPSA) is 97.4 Å². The molecule has 0 bridgehead atoms. The molecule has 2 aromatic carbocycles. The largest absolute Gasteiger partial charge is 0.362 e. The van der Waals surface area contributed by atoms with Crippen molar-refractivity contribution in [2.24, 2.45) is 0 Å². The maximum Gasteiger partial charge on any atom is 0.292 e. The molecule has 1 aliphatic heterocycles. The number of aromatic nitrogens is 3. The number of allylic oxidation sites excluding steroid dienone is 1. The van der Waals surface area contributed by atoms with Crippen LogP contribution in [-0.2, 0) is 11.3 Å². The van der Waals surface area contributed by atoms with Gasteiger partial charge in [0.1, 0.15) is 5.69 Å². The third kappa shape index (κ3) is 5.06. The predicted octanol–water partition coefficient (Wildman–Crippen LogP) is 3.48. The number of para-hydroxylation sites is 2. The lowest BCUT2D eigenvalue weighted by atomic mass is 10.2. The van der Waals surface area contributed by atoms with Crippen molar-refractivity contribution in [2.45, 2.75) is 11.7 Å². The normalized spacial score (nSPS) is 13.7. The minimum Gasteiger partial charge on any atom is -0.362 e. The van der Waals surface area contributed by atoms with E-state index >= 15 is 0 Å². The van der Waals surface area contributed by atoms with Gasteiger partial charge < -0.3 is 9.80 Å². The Morgan fingerprint density at radius 2 is 1.76 bits per heavy atom.